The van der Waals surface area contributed by atoms with E-state index in [1.165, 1.54) is 0 Å². The minimum absolute atomic E-state index is 0.448. The fourth-order valence-electron chi connectivity index (χ4n) is 1.83. The molecule has 0 heterocycles. The van der Waals surface area contributed by atoms with Crippen LogP contribution in [0.5, 0.6) is 0 Å². The second kappa shape index (κ2) is 5.84. The smallest absolute Gasteiger partial charge is 0.323 e. The van der Waals surface area contributed by atoms with Gasteiger partial charge in [-0.25, -0.2) is 0 Å². The van der Waals surface area contributed by atoms with Crippen LogP contribution in [0.25, 0.3) is 0 Å². The summed E-state index contributed by atoms with van der Waals surface area (Å²) in [6, 6.07) is 6.89. The van der Waals surface area contributed by atoms with Crippen LogP contribution in [0.3, 0.4) is 0 Å². The first kappa shape index (κ1) is 15.2. The number of nitrogens with two attached hydrogens (primary N) is 1. The van der Waals surface area contributed by atoms with Crippen LogP contribution in [0, 0.1) is 0 Å². The molecular weight excluding hydrogens is 244 g/mol. The van der Waals surface area contributed by atoms with Crippen LogP contribution in [0.15, 0.2) is 24.3 Å². The second-order valence-electron chi connectivity index (χ2n) is 4.94. The lowest BCUT2D eigenvalue weighted by atomic mass is 10.0. The molecule has 1 amide bonds. The summed E-state index contributed by atoms with van der Waals surface area (Å²) in [5.41, 5.74) is 5.63. The number of nitrogens with zero attached hydrogens (tertiary/aromatic N) is 1. The van der Waals surface area contributed by atoms with Crippen molar-refractivity contribution in [1.82, 2.24) is 4.90 Å². The fourth-order valence-corrected chi connectivity index (χ4v) is 1.83. The van der Waals surface area contributed by atoms with Crippen molar-refractivity contribution < 1.29 is 14.7 Å². The monoisotopic (exact) mass is 264 g/mol. The molecule has 0 aliphatic rings. The average molecular weight is 264 g/mol. The van der Waals surface area contributed by atoms with Gasteiger partial charge in [0.25, 0.3) is 0 Å². The highest BCUT2D eigenvalue weighted by molar-refractivity contribution is 5.92. The van der Waals surface area contributed by atoms with E-state index in [2.05, 4.69) is 0 Å². The summed E-state index contributed by atoms with van der Waals surface area (Å²) in [5, 5.41) is 9.23. The van der Waals surface area contributed by atoms with Gasteiger partial charge in [0.2, 0.25) is 5.91 Å². The van der Waals surface area contributed by atoms with E-state index in [0.29, 0.717) is 18.7 Å². The van der Waals surface area contributed by atoms with E-state index in [1.807, 2.05) is 11.8 Å². The van der Waals surface area contributed by atoms with E-state index in [0.717, 1.165) is 5.56 Å². The van der Waals surface area contributed by atoms with Gasteiger partial charge in [-0.1, -0.05) is 19.1 Å². The Bertz CT molecular complexity index is 466. The molecule has 0 fully saturated rings. The third kappa shape index (κ3) is 3.54. The number of carbonyl (C=O) groups is 2. The zero-order chi connectivity index (χ0) is 14.6. The Labute approximate surface area is 113 Å². The lowest BCUT2D eigenvalue weighted by Gasteiger charge is -2.34. The van der Waals surface area contributed by atoms with Crippen LogP contribution in [0.1, 0.15) is 36.7 Å². The fraction of sp³-hybridized carbons (Fsp3) is 0.429. The molecule has 0 radical (unpaired) electrons. The van der Waals surface area contributed by atoms with E-state index < -0.39 is 17.4 Å². The van der Waals surface area contributed by atoms with Crippen molar-refractivity contribution in [2.24, 2.45) is 5.73 Å². The van der Waals surface area contributed by atoms with Gasteiger partial charge in [0.1, 0.15) is 5.54 Å². The third-order valence-electron chi connectivity index (χ3n) is 3.31. The molecule has 0 aliphatic heterocycles. The number of primary amides is 1. The number of hydrogen-bond donors (Lipinski definition) is 2. The molecule has 0 saturated carbocycles. The number of amides is 1. The normalized spacial score (nSPS) is 11.6. The largest absolute Gasteiger partial charge is 0.480 e. The van der Waals surface area contributed by atoms with Crippen molar-refractivity contribution >= 4 is 11.9 Å². The summed E-state index contributed by atoms with van der Waals surface area (Å²) in [6.07, 6.45) is 0. The van der Waals surface area contributed by atoms with Crippen LogP contribution >= 0.6 is 0 Å². The molecular formula is C14H20N2O3. The number of rotatable bonds is 6. The van der Waals surface area contributed by atoms with Crippen molar-refractivity contribution in [2.45, 2.75) is 32.9 Å². The maximum atomic E-state index is 11.3. The topological polar surface area (TPSA) is 83.6 Å². The predicted octanol–water partition coefficient (Wildman–Crippen LogP) is 1.47. The van der Waals surface area contributed by atoms with Crippen LogP contribution in [-0.2, 0) is 11.3 Å². The van der Waals surface area contributed by atoms with Gasteiger partial charge in [-0.3, -0.25) is 14.5 Å². The van der Waals surface area contributed by atoms with E-state index in [4.69, 9.17) is 5.73 Å². The molecule has 1 rings (SSSR count). The van der Waals surface area contributed by atoms with Gasteiger partial charge in [0.15, 0.2) is 0 Å². The maximum Gasteiger partial charge on any atom is 0.323 e. The Morgan fingerprint density at radius 3 is 2.16 bits per heavy atom. The standard InChI is InChI=1S/C14H20N2O3/c1-4-16(14(2,3)13(18)19)9-10-5-7-11(8-6-10)12(15)17/h5-8H,4,9H2,1-3H3,(H2,15,17)(H,18,19). The summed E-state index contributed by atoms with van der Waals surface area (Å²) in [6.45, 7) is 6.40. The van der Waals surface area contributed by atoms with Crippen LogP contribution < -0.4 is 5.73 Å². The Balaban J connectivity index is 2.87. The molecule has 0 aliphatic carbocycles. The van der Waals surface area contributed by atoms with Crippen molar-refractivity contribution in [3.63, 3.8) is 0 Å². The minimum Gasteiger partial charge on any atom is -0.480 e. The molecule has 0 aromatic heterocycles. The highest BCUT2D eigenvalue weighted by Gasteiger charge is 2.33. The van der Waals surface area contributed by atoms with Crippen LogP contribution in [0.4, 0.5) is 0 Å². The molecule has 0 unspecified atom stereocenters. The minimum atomic E-state index is -0.933. The second-order valence-corrected chi connectivity index (χ2v) is 4.94. The number of aliphatic carboxylic acids is 1. The third-order valence-corrected chi connectivity index (χ3v) is 3.31. The number of benzene rings is 1. The Hall–Kier alpha value is -1.88. The quantitative estimate of drug-likeness (QED) is 0.815. The molecule has 0 spiro atoms. The molecule has 5 heteroatoms. The van der Waals surface area contributed by atoms with Gasteiger partial charge in [-0.05, 0) is 38.1 Å². The van der Waals surface area contributed by atoms with Gasteiger partial charge in [-0.15, -0.1) is 0 Å². The highest BCUT2D eigenvalue weighted by Crippen LogP contribution is 2.18. The SMILES string of the molecule is CCN(Cc1ccc(C(N)=O)cc1)C(C)(C)C(=O)O. The van der Waals surface area contributed by atoms with Crippen molar-refractivity contribution in [1.29, 1.82) is 0 Å². The van der Waals surface area contributed by atoms with Crippen molar-refractivity contribution in [2.75, 3.05) is 6.54 Å². The molecule has 0 bridgehead atoms. The summed E-state index contributed by atoms with van der Waals surface area (Å²) >= 11 is 0. The molecule has 104 valence electrons. The lowest BCUT2D eigenvalue weighted by molar-refractivity contribution is -0.149. The summed E-state index contributed by atoms with van der Waals surface area (Å²) < 4.78 is 0. The Morgan fingerprint density at radius 2 is 1.79 bits per heavy atom. The predicted molar refractivity (Wildman–Crippen MR) is 72.8 cm³/mol. The molecule has 1 aromatic carbocycles. The van der Waals surface area contributed by atoms with Gasteiger partial charge >= 0.3 is 5.97 Å². The first-order chi connectivity index (χ1) is 8.78. The number of carboxylic acid groups (broad SMARTS) is 1. The van der Waals surface area contributed by atoms with E-state index >= 15 is 0 Å². The van der Waals surface area contributed by atoms with Crippen LogP contribution in [-0.4, -0.2) is 34.0 Å². The Morgan fingerprint density at radius 1 is 1.26 bits per heavy atom. The molecule has 19 heavy (non-hydrogen) atoms. The number of hydrogen-bond acceptors (Lipinski definition) is 3. The zero-order valence-electron chi connectivity index (χ0n) is 11.5. The van der Waals surface area contributed by atoms with E-state index in [9.17, 15) is 14.7 Å². The van der Waals surface area contributed by atoms with E-state index in [1.54, 1.807) is 38.1 Å². The lowest BCUT2D eigenvalue weighted by Crippen LogP contribution is -2.49. The van der Waals surface area contributed by atoms with E-state index in [-0.39, 0.29) is 0 Å². The summed E-state index contributed by atoms with van der Waals surface area (Å²) in [4.78, 5) is 24.1. The first-order valence-electron chi connectivity index (χ1n) is 6.16. The van der Waals surface area contributed by atoms with Crippen molar-refractivity contribution in [3.8, 4) is 0 Å². The van der Waals surface area contributed by atoms with Gasteiger partial charge in [-0.2, -0.15) is 0 Å². The van der Waals surface area contributed by atoms with Gasteiger partial charge in [0.05, 0.1) is 0 Å². The highest BCUT2D eigenvalue weighted by atomic mass is 16.4. The van der Waals surface area contributed by atoms with Gasteiger partial charge in [0, 0.05) is 12.1 Å². The average Bonchev–Trinajstić information content (AvgIpc) is 2.35. The van der Waals surface area contributed by atoms with Gasteiger partial charge < -0.3 is 10.8 Å². The van der Waals surface area contributed by atoms with Crippen LogP contribution in [0.2, 0.25) is 0 Å². The molecule has 1 aromatic rings. The Kier molecular flexibility index (Phi) is 4.67. The summed E-state index contributed by atoms with van der Waals surface area (Å²) in [5.74, 6) is -1.33. The number of likely N-dealkylation sites (N-methyl/N-ethyl adjacent to an activating group) is 1. The first-order valence-corrected chi connectivity index (χ1v) is 6.16. The summed E-state index contributed by atoms with van der Waals surface area (Å²) in [7, 11) is 0. The number of carboxylic acids is 1. The van der Waals surface area contributed by atoms with Crippen molar-refractivity contribution in [3.05, 3.63) is 35.4 Å². The maximum absolute atomic E-state index is 11.3. The number of carbonyl (C=O) groups excluding carboxylic acids is 1. The molecule has 0 saturated heterocycles. The molecule has 0 atom stereocenters. The molecule has 5 nitrogen and oxygen atoms in total. The zero-order valence-corrected chi connectivity index (χ0v) is 11.5. The molecule has 3 N–H and O–H groups in total.